The second-order valence-electron chi connectivity index (χ2n) is 4.70. The lowest BCUT2D eigenvalue weighted by atomic mass is 10.1. The Morgan fingerprint density at radius 1 is 1.14 bits per heavy atom. The van der Waals surface area contributed by atoms with E-state index >= 15 is 0 Å². The number of nitrogens with one attached hydrogen (secondary N) is 1. The highest BCUT2D eigenvalue weighted by Crippen LogP contribution is 2.17. The fraction of sp³-hybridized carbons (Fsp3) is 0.188. The normalized spacial score (nSPS) is 12.0. The van der Waals surface area contributed by atoms with E-state index in [1.807, 2.05) is 12.1 Å². The van der Waals surface area contributed by atoms with E-state index in [1.54, 1.807) is 19.1 Å². The minimum Gasteiger partial charge on any atom is -0.346 e. The number of alkyl halides is 1. The Balaban J connectivity index is 2.08. The number of rotatable bonds is 4. The molecule has 1 N–H and O–H groups in total. The number of halogens is 3. The van der Waals surface area contributed by atoms with Gasteiger partial charge >= 0.3 is 0 Å². The number of hydrogen-bond donors (Lipinski definition) is 1. The summed E-state index contributed by atoms with van der Waals surface area (Å²) in [7, 11) is 0. The maximum absolute atomic E-state index is 13.2. The molecule has 2 aromatic rings. The van der Waals surface area contributed by atoms with Crippen LogP contribution in [-0.2, 0) is 5.33 Å². The molecule has 5 heteroatoms. The van der Waals surface area contributed by atoms with Crippen molar-refractivity contribution >= 4 is 21.8 Å². The van der Waals surface area contributed by atoms with Gasteiger partial charge in [0.15, 0.2) is 11.6 Å². The van der Waals surface area contributed by atoms with Gasteiger partial charge in [0.2, 0.25) is 0 Å². The lowest BCUT2D eigenvalue weighted by molar-refractivity contribution is 0.0940. The third-order valence-corrected chi connectivity index (χ3v) is 3.81. The van der Waals surface area contributed by atoms with Crippen LogP contribution in [0, 0.1) is 11.6 Å². The molecule has 0 aliphatic rings. The first kappa shape index (κ1) is 15.6. The zero-order valence-corrected chi connectivity index (χ0v) is 13.0. The summed E-state index contributed by atoms with van der Waals surface area (Å²) >= 11 is 3.34. The van der Waals surface area contributed by atoms with Gasteiger partial charge in [0, 0.05) is 10.9 Å². The standard InChI is InChI=1S/C16H14BrF2NO/c1-10(13-6-7-14(18)15(19)8-13)20-16(21)12-4-2-11(9-17)3-5-12/h2-8,10H,9H2,1H3,(H,20,21). The molecule has 0 spiro atoms. The Kier molecular flexibility index (Phi) is 5.07. The van der Waals surface area contributed by atoms with Gasteiger partial charge in [-0.15, -0.1) is 0 Å². The first-order valence-electron chi connectivity index (χ1n) is 6.42. The summed E-state index contributed by atoms with van der Waals surface area (Å²) in [6, 6.07) is 10.3. The molecule has 0 aromatic heterocycles. The molecular weight excluding hydrogens is 340 g/mol. The predicted octanol–water partition coefficient (Wildman–Crippen LogP) is 4.35. The van der Waals surface area contributed by atoms with Crippen molar-refractivity contribution in [1.82, 2.24) is 5.32 Å². The van der Waals surface area contributed by atoms with Crippen LogP contribution < -0.4 is 5.32 Å². The first-order valence-corrected chi connectivity index (χ1v) is 7.54. The summed E-state index contributed by atoms with van der Waals surface area (Å²) in [6.45, 7) is 1.72. The quantitative estimate of drug-likeness (QED) is 0.813. The fourth-order valence-electron chi connectivity index (χ4n) is 1.89. The molecule has 2 aromatic carbocycles. The highest BCUT2D eigenvalue weighted by atomic mass is 79.9. The molecule has 1 amide bonds. The van der Waals surface area contributed by atoms with Crippen LogP contribution in [-0.4, -0.2) is 5.91 Å². The molecule has 2 nitrogen and oxygen atoms in total. The molecule has 1 unspecified atom stereocenters. The molecule has 0 aliphatic carbocycles. The monoisotopic (exact) mass is 353 g/mol. The van der Waals surface area contributed by atoms with Crippen LogP contribution in [0.3, 0.4) is 0 Å². The number of carbonyl (C=O) groups excluding carboxylic acids is 1. The summed E-state index contributed by atoms with van der Waals surface area (Å²) in [5.41, 5.74) is 2.11. The third-order valence-electron chi connectivity index (χ3n) is 3.16. The van der Waals surface area contributed by atoms with E-state index in [2.05, 4.69) is 21.2 Å². The number of amides is 1. The van der Waals surface area contributed by atoms with Gasteiger partial charge in [-0.05, 0) is 42.3 Å². The summed E-state index contributed by atoms with van der Waals surface area (Å²) < 4.78 is 26.1. The number of hydrogen-bond acceptors (Lipinski definition) is 1. The van der Waals surface area contributed by atoms with Crippen molar-refractivity contribution in [3.05, 3.63) is 70.8 Å². The van der Waals surface area contributed by atoms with Crippen molar-refractivity contribution in [1.29, 1.82) is 0 Å². The summed E-state index contributed by atoms with van der Waals surface area (Å²) in [6.07, 6.45) is 0. The van der Waals surface area contributed by atoms with Crippen LogP contribution in [0.1, 0.15) is 34.5 Å². The highest BCUT2D eigenvalue weighted by Gasteiger charge is 2.13. The van der Waals surface area contributed by atoms with E-state index in [0.29, 0.717) is 11.1 Å². The van der Waals surface area contributed by atoms with E-state index in [-0.39, 0.29) is 5.91 Å². The smallest absolute Gasteiger partial charge is 0.251 e. The van der Waals surface area contributed by atoms with Crippen molar-refractivity contribution in [2.45, 2.75) is 18.3 Å². The SMILES string of the molecule is CC(NC(=O)c1ccc(CBr)cc1)c1ccc(F)c(F)c1. The van der Waals surface area contributed by atoms with Gasteiger partial charge < -0.3 is 5.32 Å². The minimum absolute atomic E-state index is 0.256. The number of carbonyl (C=O) groups is 1. The highest BCUT2D eigenvalue weighted by molar-refractivity contribution is 9.08. The maximum Gasteiger partial charge on any atom is 0.251 e. The lowest BCUT2D eigenvalue weighted by Gasteiger charge is -2.14. The average molecular weight is 354 g/mol. The van der Waals surface area contributed by atoms with Gasteiger partial charge in [0.05, 0.1) is 6.04 Å². The van der Waals surface area contributed by atoms with Crippen molar-refractivity contribution in [3.8, 4) is 0 Å². The van der Waals surface area contributed by atoms with Crippen molar-refractivity contribution in [3.63, 3.8) is 0 Å². The predicted molar refractivity (Wildman–Crippen MR) is 81.3 cm³/mol. The van der Waals surface area contributed by atoms with Crippen LogP contribution in [0.15, 0.2) is 42.5 Å². The number of benzene rings is 2. The molecule has 0 heterocycles. The Hall–Kier alpha value is -1.75. The van der Waals surface area contributed by atoms with Gasteiger partial charge in [0.1, 0.15) is 0 Å². The van der Waals surface area contributed by atoms with Gasteiger partial charge in [-0.1, -0.05) is 34.1 Å². The van der Waals surface area contributed by atoms with Crippen LogP contribution in [0.2, 0.25) is 0 Å². The Labute approximate surface area is 130 Å². The summed E-state index contributed by atoms with van der Waals surface area (Å²) in [5.74, 6) is -2.08. The Bertz CT molecular complexity index is 643. The molecule has 0 bridgehead atoms. The van der Waals surface area contributed by atoms with Crippen LogP contribution in [0.4, 0.5) is 8.78 Å². The Morgan fingerprint density at radius 3 is 2.38 bits per heavy atom. The molecule has 2 rings (SSSR count). The molecule has 0 saturated heterocycles. The first-order chi connectivity index (χ1) is 10.0. The summed E-state index contributed by atoms with van der Waals surface area (Å²) in [4.78, 5) is 12.1. The third kappa shape index (κ3) is 3.88. The van der Waals surface area contributed by atoms with Gasteiger partial charge in [-0.2, -0.15) is 0 Å². The summed E-state index contributed by atoms with van der Waals surface area (Å²) in [5, 5.41) is 3.48. The van der Waals surface area contributed by atoms with Gasteiger partial charge in [-0.25, -0.2) is 8.78 Å². The second-order valence-corrected chi connectivity index (χ2v) is 5.26. The van der Waals surface area contributed by atoms with E-state index < -0.39 is 17.7 Å². The average Bonchev–Trinajstić information content (AvgIpc) is 2.50. The minimum atomic E-state index is -0.921. The van der Waals surface area contributed by atoms with Crippen LogP contribution in [0.5, 0.6) is 0 Å². The van der Waals surface area contributed by atoms with E-state index in [9.17, 15) is 13.6 Å². The molecular formula is C16H14BrF2NO. The van der Waals surface area contributed by atoms with E-state index in [0.717, 1.165) is 23.0 Å². The van der Waals surface area contributed by atoms with Crippen molar-refractivity contribution in [2.75, 3.05) is 0 Å². The largest absolute Gasteiger partial charge is 0.346 e. The lowest BCUT2D eigenvalue weighted by Crippen LogP contribution is -2.26. The topological polar surface area (TPSA) is 29.1 Å². The molecule has 21 heavy (non-hydrogen) atoms. The molecule has 0 radical (unpaired) electrons. The zero-order chi connectivity index (χ0) is 15.4. The van der Waals surface area contributed by atoms with Crippen LogP contribution >= 0.6 is 15.9 Å². The van der Waals surface area contributed by atoms with Gasteiger partial charge in [-0.3, -0.25) is 4.79 Å². The molecule has 1 atom stereocenters. The van der Waals surface area contributed by atoms with Crippen LogP contribution in [0.25, 0.3) is 0 Å². The fourth-order valence-corrected chi connectivity index (χ4v) is 2.26. The van der Waals surface area contributed by atoms with Gasteiger partial charge in [0.25, 0.3) is 5.91 Å². The van der Waals surface area contributed by atoms with Crippen molar-refractivity contribution in [2.24, 2.45) is 0 Å². The zero-order valence-electron chi connectivity index (χ0n) is 11.4. The molecule has 0 aliphatic heterocycles. The maximum atomic E-state index is 13.2. The van der Waals surface area contributed by atoms with Crippen molar-refractivity contribution < 1.29 is 13.6 Å². The Morgan fingerprint density at radius 2 is 1.81 bits per heavy atom. The van der Waals surface area contributed by atoms with E-state index in [1.165, 1.54) is 6.07 Å². The molecule has 0 fully saturated rings. The van der Waals surface area contributed by atoms with E-state index in [4.69, 9.17) is 0 Å². The molecule has 110 valence electrons. The second kappa shape index (κ2) is 6.80. The molecule has 0 saturated carbocycles.